The fourth-order valence-corrected chi connectivity index (χ4v) is 3.50. The number of nitrogens with one attached hydrogen (secondary N) is 1. The predicted octanol–water partition coefficient (Wildman–Crippen LogP) is 4.29. The molecular weight excluding hydrogens is 318 g/mol. The van der Waals surface area contributed by atoms with E-state index in [1.807, 2.05) is 18.2 Å². The Morgan fingerprint density at radius 3 is 2.73 bits per heavy atom. The number of thioether (sulfide) groups is 1. The molecule has 1 N–H and O–H groups in total. The Morgan fingerprint density at radius 1 is 1.27 bits per heavy atom. The number of ether oxygens (including phenoxy) is 1. The van der Waals surface area contributed by atoms with E-state index in [4.69, 9.17) is 4.74 Å². The minimum Gasteiger partial charge on any atom is -0.465 e. The molecule has 0 atom stereocenters. The highest BCUT2D eigenvalue weighted by Gasteiger charge is 2.16. The topological polar surface area (TPSA) is 55.4 Å². The molecule has 22 heavy (non-hydrogen) atoms. The first-order valence-corrected chi connectivity index (χ1v) is 8.51. The summed E-state index contributed by atoms with van der Waals surface area (Å²) >= 11 is 2.99. The van der Waals surface area contributed by atoms with Gasteiger partial charge in [-0.15, -0.1) is 23.1 Å². The second kappa shape index (κ2) is 7.47. The van der Waals surface area contributed by atoms with Gasteiger partial charge in [-0.2, -0.15) is 0 Å². The Kier molecular flexibility index (Phi) is 5.63. The van der Waals surface area contributed by atoms with E-state index in [0.29, 0.717) is 21.4 Å². The number of benzene rings is 1. The summed E-state index contributed by atoms with van der Waals surface area (Å²) in [5, 5.41) is 5.46. The summed E-state index contributed by atoms with van der Waals surface area (Å²) in [7, 11) is 1.32. The summed E-state index contributed by atoms with van der Waals surface area (Å²) in [5.74, 6) is -0.695. The van der Waals surface area contributed by atoms with E-state index in [9.17, 15) is 9.59 Å². The summed E-state index contributed by atoms with van der Waals surface area (Å²) in [5.41, 5.74) is 0.934. The highest BCUT2D eigenvalue weighted by molar-refractivity contribution is 7.99. The monoisotopic (exact) mass is 335 g/mol. The standard InChI is InChI=1S/C16H17NO3S2/c1-10(2)22-12-6-4-5-11(9-12)14(18)17-15-13(7-8-21-15)16(19)20-3/h4-10H,1-3H3,(H,17,18). The van der Waals surface area contributed by atoms with Crippen LogP contribution < -0.4 is 5.32 Å². The van der Waals surface area contributed by atoms with Gasteiger partial charge in [0.05, 0.1) is 12.7 Å². The molecular formula is C16H17NO3S2. The lowest BCUT2D eigenvalue weighted by Crippen LogP contribution is -2.13. The van der Waals surface area contributed by atoms with E-state index in [0.717, 1.165) is 4.90 Å². The lowest BCUT2D eigenvalue weighted by atomic mass is 10.2. The first-order chi connectivity index (χ1) is 10.5. The smallest absolute Gasteiger partial charge is 0.340 e. The normalized spacial score (nSPS) is 10.5. The van der Waals surface area contributed by atoms with Crippen LogP contribution in [0.3, 0.4) is 0 Å². The molecule has 0 aliphatic rings. The number of carbonyl (C=O) groups is 2. The zero-order valence-electron chi connectivity index (χ0n) is 12.6. The maximum Gasteiger partial charge on any atom is 0.340 e. The molecule has 0 aliphatic carbocycles. The molecule has 4 nitrogen and oxygen atoms in total. The van der Waals surface area contributed by atoms with Crippen molar-refractivity contribution >= 4 is 40.0 Å². The van der Waals surface area contributed by atoms with Crippen molar-refractivity contribution in [1.29, 1.82) is 0 Å². The molecule has 116 valence electrons. The van der Waals surface area contributed by atoms with Crippen molar-refractivity contribution < 1.29 is 14.3 Å². The molecule has 6 heteroatoms. The molecule has 0 fully saturated rings. The molecule has 2 rings (SSSR count). The van der Waals surface area contributed by atoms with Gasteiger partial charge in [0.1, 0.15) is 5.00 Å². The van der Waals surface area contributed by atoms with Crippen molar-refractivity contribution in [3.8, 4) is 0 Å². The van der Waals surface area contributed by atoms with E-state index in [1.54, 1.807) is 29.3 Å². The lowest BCUT2D eigenvalue weighted by molar-refractivity contribution is 0.0602. The Morgan fingerprint density at radius 2 is 2.05 bits per heavy atom. The van der Waals surface area contributed by atoms with Gasteiger partial charge in [0.15, 0.2) is 0 Å². The van der Waals surface area contributed by atoms with Crippen molar-refractivity contribution in [1.82, 2.24) is 0 Å². The molecule has 0 aliphatic heterocycles. The van der Waals surface area contributed by atoms with Gasteiger partial charge < -0.3 is 10.1 Å². The molecule has 1 aromatic heterocycles. The van der Waals surface area contributed by atoms with Gasteiger partial charge in [-0.3, -0.25) is 4.79 Å². The van der Waals surface area contributed by atoms with Crippen LogP contribution in [0.1, 0.15) is 34.6 Å². The van der Waals surface area contributed by atoms with E-state index < -0.39 is 5.97 Å². The number of hydrogen-bond donors (Lipinski definition) is 1. The van der Waals surface area contributed by atoms with Crippen molar-refractivity contribution in [2.75, 3.05) is 12.4 Å². The molecule has 1 aromatic carbocycles. The highest BCUT2D eigenvalue weighted by atomic mass is 32.2. The molecule has 1 amide bonds. The van der Waals surface area contributed by atoms with Crippen LogP contribution in [0.25, 0.3) is 0 Å². The van der Waals surface area contributed by atoms with Gasteiger partial charge in [-0.1, -0.05) is 19.9 Å². The maximum atomic E-state index is 12.3. The second-order valence-corrected chi connectivity index (χ2v) is 7.37. The molecule has 0 saturated carbocycles. The molecule has 0 spiro atoms. The average Bonchev–Trinajstić information content (AvgIpc) is 2.94. The second-order valence-electron chi connectivity index (χ2n) is 4.80. The average molecular weight is 335 g/mol. The van der Waals surface area contributed by atoms with Gasteiger partial charge in [-0.25, -0.2) is 4.79 Å². The van der Waals surface area contributed by atoms with Gasteiger partial charge in [0, 0.05) is 15.7 Å². The molecule has 2 aromatic rings. The number of thiophene rings is 1. The molecule has 0 bridgehead atoms. The van der Waals surface area contributed by atoms with Gasteiger partial charge >= 0.3 is 5.97 Å². The minimum atomic E-state index is -0.458. The van der Waals surface area contributed by atoms with Crippen molar-refractivity contribution in [3.63, 3.8) is 0 Å². The van der Waals surface area contributed by atoms with Crippen LogP contribution in [0.5, 0.6) is 0 Å². The summed E-state index contributed by atoms with van der Waals surface area (Å²) in [6.45, 7) is 4.21. The van der Waals surface area contributed by atoms with Crippen LogP contribution in [-0.2, 0) is 4.74 Å². The zero-order valence-corrected chi connectivity index (χ0v) is 14.2. The van der Waals surface area contributed by atoms with Crippen molar-refractivity contribution in [3.05, 3.63) is 46.8 Å². The van der Waals surface area contributed by atoms with E-state index in [-0.39, 0.29) is 5.91 Å². The maximum absolute atomic E-state index is 12.3. The third kappa shape index (κ3) is 4.11. The van der Waals surface area contributed by atoms with Crippen LogP contribution >= 0.6 is 23.1 Å². The first-order valence-electron chi connectivity index (χ1n) is 6.75. The molecule has 0 unspecified atom stereocenters. The summed E-state index contributed by atoms with van der Waals surface area (Å²) in [6.07, 6.45) is 0. The Labute approximate surface area is 137 Å². The number of methoxy groups -OCH3 is 1. The Bertz CT molecular complexity index is 680. The summed E-state index contributed by atoms with van der Waals surface area (Å²) in [4.78, 5) is 25.0. The Balaban J connectivity index is 2.16. The highest BCUT2D eigenvalue weighted by Crippen LogP contribution is 2.26. The number of rotatable bonds is 5. The first kappa shape index (κ1) is 16.6. The van der Waals surface area contributed by atoms with Crippen LogP contribution in [0.2, 0.25) is 0 Å². The number of amides is 1. The lowest BCUT2D eigenvalue weighted by Gasteiger charge is -2.08. The predicted molar refractivity (Wildman–Crippen MR) is 91.0 cm³/mol. The molecule has 0 saturated heterocycles. The minimum absolute atomic E-state index is 0.237. The fraction of sp³-hybridized carbons (Fsp3) is 0.250. The van der Waals surface area contributed by atoms with Crippen LogP contribution in [-0.4, -0.2) is 24.2 Å². The third-order valence-corrected chi connectivity index (χ3v) is 4.59. The van der Waals surface area contributed by atoms with Crippen LogP contribution in [0.15, 0.2) is 40.6 Å². The van der Waals surface area contributed by atoms with E-state index in [2.05, 4.69) is 19.2 Å². The largest absolute Gasteiger partial charge is 0.465 e. The van der Waals surface area contributed by atoms with Crippen molar-refractivity contribution in [2.24, 2.45) is 0 Å². The van der Waals surface area contributed by atoms with E-state index >= 15 is 0 Å². The van der Waals surface area contributed by atoms with Gasteiger partial charge in [0.25, 0.3) is 5.91 Å². The van der Waals surface area contributed by atoms with Crippen molar-refractivity contribution in [2.45, 2.75) is 24.0 Å². The number of anilines is 1. The van der Waals surface area contributed by atoms with E-state index in [1.165, 1.54) is 18.4 Å². The van der Waals surface area contributed by atoms with Gasteiger partial charge in [0.2, 0.25) is 0 Å². The number of hydrogen-bond acceptors (Lipinski definition) is 5. The molecule has 0 radical (unpaired) electrons. The zero-order chi connectivity index (χ0) is 16.1. The van der Waals surface area contributed by atoms with Crippen LogP contribution in [0.4, 0.5) is 5.00 Å². The summed E-state index contributed by atoms with van der Waals surface area (Å²) < 4.78 is 4.70. The Hall–Kier alpha value is -1.79. The van der Waals surface area contributed by atoms with Crippen LogP contribution in [0, 0.1) is 0 Å². The number of carbonyl (C=O) groups excluding carboxylic acids is 2. The quantitative estimate of drug-likeness (QED) is 0.654. The SMILES string of the molecule is COC(=O)c1ccsc1NC(=O)c1cccc(SC(C)C)c1. The third-order valence-electron chi connectivity index (χ3n) is 2.77. The molecule has 1 heterocycles. The number of esters is 1. The van der Waals surface area contributed by atoms with Gasteiger partial charge in [-0.05, 0) is 29.6 Å². The fourth-order valence-electron chi connectivity index (χ4n) is 1.83. The summed E-state index contributed by atoms with van der Waals surface area (Å²) in [6, 6.07) is 9.08.